The maximum absolute atomic E-state index is 12.7. The molecule has 120 valence electrons. The Bertz CT molecular complexity index is 716. The Morgan fingerprint density at radius 1 is 1.35 bits per heavy atom. The van der Waals surface area contributed by atoms with E-state index in [1.807, 2.05) is 6.07 Å². The highest BCUT2D eigenvalue weighted by molar-refractivity contribution is 5.95. The minimum absolute atomic E-state index is 0.0338. The second kappa shape index (κ2) is 6.17. The Kier molecular flexibility index (Phi) is 4.07. The van der Waals surface area contributed by atoms with Crippen LogP contribution in [0.3, 0.4) is 0 Å². The number of nitrogens with zero attached hydrogens (tertiary/aromatic N) is 4. The zero-order valence-corrected chi connectivity index (χ0v) is 12.5. The van der Waals surface area contributed by atoms with Gasteiger partial charge in [-0.3, -0.25) is 4.79 Å². The van der Waals surface area contributed by atoms with E-state index in [2.05, 4.69) is 10.3 Å². The van der Waals surface area contributed by atoms with Gasteiger partial charge >= 0.3 is 5.97 Å². The first-order valence-electron chi connectivity index (χ1n) is 7.19. The lowest BCUT2D eigenvalue weighted by molar-refractivity contribution is -0.160. The Labute approximate surface area is 132 Å². The summed E-state index contributed by atoms with van der Waals surface area (Å²) < 4.78 is 6.89. The highest BCUT2D eigenvalue weighted by Crippen LogP contribution is 2.17. The van der Waals surface area contributed by atoms with Crippen molar-refractivity contribution < 1.29 is 19.4 Å². The molecular formula is C15H16N4O4. The second-order valence-corrected chi connectivity index (χ2v) is 5.38. The van der Waals surface area contributed by atoms with Crippen molar-refractivity contribution in [2.24, 2.45) is 0 Å². The third-order valence-electron chi connectivity index (χ3n) is 3.60. The molecule has 3 rings (SSSR count). The summed E-state index contributed by atoms with van der Waals surface area (Å²) in [5, 5.41) is 16.7. The highest BCUT2D eigenvalue weighted by atomic mass is 16.5. The number of amides is 1. The molecule has 2 atom stereocenters. The lowest BCUT2D eigenvalue weighted by Crippen LogP contribution is -2.51. The van der Waals surface area contributed by atoms with Crippen LogP contribution in [0, 0.1) is 0 Å². The summed E-state index contributed by atoms with van der Waals surface area (Å²) >= 11 is 0. The largest absolute Gasteiger partial charge is 0.479 e. The number of aromatic nitrogens is 3. The van der Waals surface area contributed by atoms with E-state index in [-0.39, 0.29) is 18.6 Å². The number of morpholine rings is 1. The summed E-state index contributed by atoms with van der Waals surface area (Å²) in [4.78, 5) is 25.3. The third-order valence-corrected chi connectivity index (χ3v) is 3.60. The maximum atomic E-state index is 12.7. The minimum atomic E-state index is -1.06. The van der Waals surface area contributed by atoms with Gasteiger partial charge in [-0.05, 0) is 25.1 Å². The standard InChI is InChI=1S/C15H16N4O4/c1-10-8-18(9-13(23-10)15(21)22)14(20)11-3-2-4-12(7-11)19-6-5-16-17-19/h2-7,10,13H,8-9H2,1H3,(H,21,22)/t10-,13?/m1/s1. The lowest BCUT2D eigenvalue weighted by Gasteiger charge is -2.35. The van der Waals surface area contributed by atoms with Crippen LogP contribution in [-0.4, -0.2) is 62.2 Å². The number of aliphatic carboxylic acids is 1. The first kappa shape index (κ1) is 15.2. The van der Waals surface area contributed by atoms with E-state index in [1.165, 1.54) is 4.90 Å². The summed E-state index contributed by atoms with van der Waals surface area (Å²) in [6.45, 7) is 2.14. The van der Waals surface area contributed by atoms with Crippen molar-refractivity contribution in [3.8, 4) is 5.69 Å². The fourth-order valence-electron chi connectivity index (χ4n) is 2.56. The molecule has 0 spiro atoms. The van der Waals surface area contributed by atoms with Gasteiger partial charge in [0.15, 0.2) is 6.10 Å². The predicted octanol–water partition coefficient (Wildman–Crippen LogP) is 0.581. The monoisotopic (exact) mass is 316 g/mol. The third kappa shape index (κ3) is 3.21. The Morgan fingerprint density at radius 3 is 2.87 bits per heavy atom. The number of carboxylic acid groups (broad SMARTS) is 1. The number of carboxylic acids is 1. The van der Waals surface area contributed by atoms with Crippen LogP contribution >= 0.6 is 0 Å². The molecule has 0 saturated carbocycles. The van der Waals surface area contributed by atoms with Crippen LogP contribution in [0.4, 0.5) is 0 Å². The van der Waals surface area contributed by atoms with Gasteiger partial charge in [0.25, 0.3) is 5.91 Å². The summed E-state index contributed by atoms with van der Waals surface area (Å²) in [6.07, 6.45) is 1.91. The van der Waals surface area contributed by atoms with Crippen LogP contribution in [0.15, 0.2) is 36.7 Å². The van der Waals surface area contributed by atoms with Crippen molar-refractivity contribution in [2.45, 2.75) is 19.1 Å². The predicted molar refractivity (Wildman–Crippen MR) is 79.2 cm³/mol. The topological polar surface area (TPSA) is 97.6 Å². The van der Waals surface area contributed by atoms with Crippen LogP contribution in [0.25, 0.3) is 5.69 Å². The van der Waals surface area contributed by atoms with E-state index in [0.717, 1.165) is 0 Å². The molecule has 8 heteroatoms. The van der Waals surface area contributed by atoms with Gasteiger partial charge < -0.3 is 14.7 Å². The number of hydrogen-bond acceptors (Lipinski definition) is 5. The van der Waals surface area contributed by atoms with Crippen molar-refractivity contribution in [1.29, 1.82) is 0 Å². The fraction of sp³-hybridized carbons (Fsp3) is 0.333. The van der Waals surface area contributed by atoms with E-state index < -0.39 is 12.1 Å². The van der Waals surface area contributed by atoms with Gasteiger partial charge in [0, 0.05) is 12.1 Å². The zero-order valence-electron chi connectivity index (χ0n) is 12.5. The molecule has 1 aromatic heterocycles. The SMILES string of the molecule is C[C@@H]1CN(C(=O)c2cccc(-n3ccnn3)c2)CC(C(=O)O)O1. The molecule has 0 radical (unpaired) electrons. The second-order valence-electron chi connectivity index (χ2n) is 5.38. The van der Waals surface area contributed by atoms with Crippen molar-refractivity contribution >= 4 is 11.9 Å². The minimum Gasteiger partial charge on any atom is -0.479 e. The van der Waals surface area contributed by atoms with Gasteiger partial charge in [-0.15, -0.1) is 5.10 Å². The van der Waals surface area contributed by atoms with E-state index in [1.54, 1.807) is 42.2 Å². The zero-order chi connectivity index (χ0) is 16.4. The Morgan fingerprint density at radius 2 is 2.17 bits per heavy atom. The van der Waals surface area contributed by atoms with Gasteiger partial charge in [0.05, 0.1) is 30.7 Å². The van der Waals surface area contributed by atoms with Gasteiger partial charge in [-0.25, -0.2) is 9.48 Å². The average Bonchev–Trinajstić information content (AvgIpc) is 3.08. The molecule has 1 saturated heterocycles. The van der Waals surface area contributed by atoms with Crippen LogP contribution < -0.4 is 0 Å². The molecule has 0 bridgehead atoms. The Hall–Kier alpha value is -2.74. The van der Waals surface area contributed by atoms with E-state index in [4.69, 9.17) is 9.84 Å². The van der Waals surface area contributed by atoms with Gasteiger partial charge in [-0.1, -0.05) is 11.3 Å². The molecule has 1 aromatic carbocycles. The molecule has 1 unspecified atom stereocenters. The van der Waals surface area contributed by atoms with Crippen molar-refractivity contribution in [2.75, 3.05) is 13.1 Å². The normalized spacial score (nSPS) is 21.2. The average molecular weight is 316 g/mol. The van der Waals surface area contributed by atoms with Crippen molar-refractivity contribution in [3.63, 3.8) is 0 Å². The number of carbonyl (C=O) groups excluding carboxylic acids is 1. The van der Waals surface area contributed by atoms with Crippen LogP contribution in [0.5, 0.6) is 0 Å². The number of benzene rings is 1. The molecule has 23 heavy (non-hydrogen) atoms. The van der Waals surface area contributed by atoms with E-state index in [9.17, 15) is 9.59 Å². The van der Waals surface area contributed by atoms with Crippen molar-refractivity contribution in [1.82, 2.24) is 19.9 Å². The first-order chi connectivity index (χ1) is 11.0. The number of ether oxygens (including phenoxy) is 1. The summed E-state index contributed by atoms with van der Waals surface area (Å²) in [6, 6.07) is 6.96. The molecule has 1 fully saturated rings. The summed E-state index contributed by atoms with van der Waals surface area (Å²) in [5.41, 5.74) is 1.18. The lowest BCUT2D eigenvalue weighted by atomic mass is 10.1. The molecule has 2 aromatic rings. The highest BCUT2D eigenvalue weighted by Gasteiger charge is 2.33. The number of rotatable bonds is 3. The van der Waals surface area contributed by atoms with Gasteiger partial charge in [0.2, 0.25) is 0 Å². The van der Waals surface area contributed by atoms with Gasteiger partial charge in [-0.2, -0.15) is 0 Å². The van der Waals surface area contributed by atoms with Crippen molar-refractivity contribution in [3.05, 3.63) is 42.2 Å². The molecule has 1 aliphatic rings. The molecular weight excluding hydrogens is 300 g/mol. The molecule has 1 N–H and O–H groups in total. The van der Waals surface area contributed by atoms with Gasteiger partial charge in [0.1, 0.15) is 0 Å². The van der Waals surface area contributed by atoms with E-state index in [0.29, 0.717) is 17.8 Å². The summed E-state index contributed by atoms with van der Waals surface area (Å²) in [5.74, 6) is -1.29. The number of hydrogen-bond donors (Lipinski definition) is 1. The quantitative estimate of drug-likeness (QED) is 0.889. The van der Waals surface area contributed by atoms with Crippen LogP contribution in [0.2, 0.25) is 0 Å². The van der Waals surface area contributed by atoms with E-state index >= 15 is 0 Å². The fourth-order valence-corrected chi connectivity index (χ4v) is 2.56. The smallest absolute Gasteiger partial charge is 0.334 e. The molecule has 1 aliphatic heterocycles. The maximum Gasteiger partial charge on any atom is 0.334 e. The number of carbonyl (C=O) groups is 2. The molecule has 8 nitrogen and oxygen atoms in total. The van der Waals surface area contributed by atoms with Crippen LogP contribution in [-0.2, 0) is 9.53 Å². The Balaban J connectivity index is 1.82. The summed E-state index contributed by atoms with van der Waals surface area (Å²) in [7, 11) is 0. The van der Waals surface area contributed by atoms with Crippen LogP contribution in [0.1, 0.15) is 17.3 Å². The molecule has 2 heterocycles. The first-order valence-corrected chi connectivity index (χ1v) is 7.19. The molecule has 0 aliphatic carbocycles. The molecule has 1 amide bonds.